The minimum atomic E-state index is -3.04. The zero-order valence-electron chi connectivity index (χ0n) is 13.7. The molecule has 1 aromatic carbocycles. The van der Waals surface area contributed by atoms with Crippen LogP contribution in [0.4, 0.5) is 0 Å². The van der Waals surface area contributed by atoms with Gasteiger partial charge in [0.05, 0.1) is 17.5 Å². The summed E-state index contributed by atoms with van der Waals surface area (Å²) in [5.74, 6) is 1.44. The summed E-state index contributed by atoms with van der Waals surface area (Å²) >= 11 is 1.40. The fourth-order valence-electron chi connectivity index (χ4n) is 3.24. The van der Waals surface area contributed by atoms with E-state index >= 15 is 0 Å². The van der Waals surface area contributed by atoms with Crippen LogP contribution in [-0.2, 0) is 21.2 Å². The number of carbonyl (C=O) groups excluding carboxylic acids is 1. The molecule has 0 bridgehead atoms. The van der Waals surface area contributed by atoms with Crippen molar-refractivity contribution in [2.24, 2.45) is 4.99 Å². The molecule has 2 atom stereocenters. The van der Waals surface area contributed by atoms with E-state index in [9.17, 15) is 13.2 Å². The van der Waals surface area contributed by atoms with Gasteiger partial charge in [0.1, 0.15) is 0 Å². The molecule has 25 heavy (non-hydrogen) atoms. The summed E-state index contributed by atoms with van der Waals surface area (Å²) in [4.78, 5) is 17.9. The highest BCUT2D eigenvalue weighted by Gasteiger charge is 2.48. The van der Waals surface area contributed by atoms with E-state index in [1.54, 1.807) is 6.92 Å². The molecule has 0 radical (unpaired) electrons. The van der Waals surface area contributed by atoms with Crippen LogP contribution in [0, 0.1) is 0 Å². The highest BCUT2D eigenvalue weighted by atomic mass is 32.2. The second-order valence-corrected chi connectivity index (χ2v) is 9.62. The topological polar surface area (TPSA) is 85.3 Å². The number of thioether (sulfide) groups is 1. The van der Waals surface area contributed by atoms with Crippen molar-refractivity contribution in [3.05, 3.63) is 23.8 Å². The zero-order chi connectivity index (χ0) is 17.6. The first-order valence-electron chi connectivity index (χ1n) is 8.09. The Morgan fingerprint density at radius 3 is 2.92 bits per heavy atom. The van der Waals surface area contributed by atoms with Gasteiger partial charge in [-0.3, -0.25) is 4.79 Å². The van der Waals surface area contributed by atoms with Crippen LogP contribution in [0.5, 0.6) is 11.5 Å². The van der Waals surface area contributed by atoms with E-state index < -0.39 is 9.84 Å². The molecule has 2 saturated heterocycles. The molecule has 3 aliphatic heterocycles. The molecule has 134 valence electrons. The Kier molecular flexibility index (Phi) is 4.15. The van der Waals surface area contributed by atoms with Crippen molar-refractivity contribution in [3.8, 4) is 11.5 Å². The van der Waals surface area contributed by atoms with Crippen molar-refractivity contribution in [2.45, 2.75) is 31.2 Å². The van der Waals surface area contributed by atoms with Crippen molar-refractivity contribution in [2.75, 3.05) is 18.3 Å². The number of benzene rings is 1. The molecule has 0 saturated carbocycles. The SMILES string of the molecule is CCC(=O)N=C1S[C@@H]2CS(=O)(=O)C[C@H]2N1Cc1ccc2c(c1)OCO2. The molecule has 0 aromatic heterocycles. The molecule has 3 heterocycles. The van der Waals surface area contributed by atoms with Crippen molar-refractivity contribution in [1.82, 2.24) is 4.90 Å². The lowest BCUT2D eigenvalue weighted by Gasteiger charge is -2.24. The molecule has 1 amide bonds. The predicted octanol–water partition coefficient (Wildman–Crippen LogP) is 1.42. The van der Waals surface area contributed by atoms with Crippen molar-refractivity contribution < 1.29 is 22.7 Å². The molecule has 2 fully saturated rings. The van der Waals surface area contributed by atoms with Gasteiger partial charge in [-0.2, -0.15) is 4.99 Å². The first-order valence-corrected chi connectivity index (χ1v) is 10.8. The number of amidine groups is 1. The Bertz CT molecular complexity index is 852. The monoisotopic (exact) mass is 382 g/mol. The third kappa shape index (κ3) is 3.22. The van der Waals surface area contributed by atoms with Gasteiger partial charge in [-0.15, -0.1) is 0 Å². The Labute approximate surface area is 150 Å². The van der Waals surface area contributed by atoms with Gasteiger partial charge in [-0.25, -0.2) is 8.42 Å². The van der Waals surface area contributed by atoms with Gasteiger partial charge in [-0.05, 0) is 17.7 Å². The van der Waals surface area contributed by atoms with Crippen molar-refractivity contribution in [1.29, 1.82) is 0 Å². The van der Waals surface area contributed by atoms with Crippen LogP contribution in [0.2, 0.25) is 0 Å². The Morgan fingerprint density at radius 2 is 2.12 bits per heavy atom. The largest absolute Gasteiger partial charge is 0.454 e. The quantitative estimate of drug-likeness (QED) is 0.781. The summed E-state index contributed by atoms with van der Waals surface area (Å²) in [6, 6.07) is 5.51. The van der Waals surface area contributed by atoms with Gasteiger partial charge in [0.2, 0.25) is 12.7 Å². The van der Waals surface area contributed by atoms with Crippen LogP contribution in [0.3, 0.4) is 0 Å². The Hall–Kier alpha value is -1.74. The molecule has 0 N–H and O–H groups in total. The molecule has 7 nitrogen and oxygen atoms in total. The van der Waals surface area contributed by atoms with E-state index in [0.29, 0.717) is 29.6 Å². The zero-order valence-corrected chi connectivity index (χ0v) is 15.3. The third-order valence-corrected chi connectivity index (χ3v) is 7.74. The molecule has 0 unspecified atom stereocenters. The van der Waals surface area contributed by atoms with Gasteiger partial charge in [0.25, 0.3) is 0 Å². The van der Waals surface area contributed by atoms with Gasteiger partial charge in [0, 0.05) is 18.2 Å². The number of ether oxygens (including phenoxy) is 2. The van der Waals surface area contributed by atoms with E-state index in [0.717, 1.165) is 5.56 Å². The van der Waals surface area contributed by atoms with Crippen molar-refractivity contribution >= 4 is 32.7 Å². The van der Waals surface area contributed by atoms with Crippen LogP contribution in [-0.4, -0.2) is 54.0 Å². The maximum Gasteiger partial charge on any atom is 0.247 e. The van der Waals surface area contributed by atoms with E-state index in [4.69, 9.17) is 9.47 Å². The number of rotatable bonds is 3. The maximum absolute atomic E-state index is 12.0. The van der Waals surface area contributed by atoms with Crippen LogP contribution in [0.15, 0.2) is 23.2 Å². The van der Waals surface area contributed by atoms with Gasteiger partial charge >= 0.3 is 0 Å². The van der Waals surface area contributed by atoms with Crippen LogP contribution < -0.4 is 9.47 Å². The van der Waals surface area contributed by atoms with Gasteiger partial charge < -0.3 is 14.4 Å². The van der Waals surface area contributed by atoms with Gasteiger partial charge in [0.15, 0.2) is 26.5 Å². The normalized spacial score (nSPS) is 27.7. The predicted molar refractivity (Wildman–Crippen MR) is 94.7 cm³/mol. The number of sulfone groups is 1. The summed E-state index contributed by atoms with van der Waals surface area (Å²) < 4.78 is 34.7. The van der Waals surface area contributed by atoms with Gasteiger partial charge in [-0.1, -0.05) is 24.8 Å². The first-order chi connectivity index (χ1) is 11.9. The number of hydrogen-bond acceptors (Lipinski definition) is 6. The molecule has 3 aliphatic rings. The van der Waals surface area contributed by atoms with E-state index in [2.05, 4.69) is 4.99 Å². The highest BCUT2D eigenvalue weighted by molar-refractivity contribution is 8.15. The lowest BCUT2D eigenvalue weighted by molar-refractivity contribution is -0.117. The Morgan fingerprint density at radius 1 is 1.32 bits per heavy atom. The first kappa shape index (κ1) is 16.7. The highest BCUT2D eigenvalue weighted by Crippen LogP contribution is 2.40. The maximum atomic E-state index is 12.0. The number of aliphatic imine (C=N–C) groups is 1. The second-order valence-electron chi connectivity index (χ2n) is 6.26. The van der Waals surface area contributed by atoms with Crippen molar-refractivity contribution in [3.63, 3.8) is 0 Å². The summed E-state index contributed by atoms with van der Waals surface area (Å²) in [5, 5.41) is 0.553. The summed E-state index contributed by atoms with van der Waals surface area (Å²) in [6.07, 6.45) is 0.329. The average Bonchev–Trinajstić information content (AvgIpc) is 3.21. The molecule has 1 aromatic rings. The Balaban J connectivity index is 1.63. The molecular formula is C16H18N2O5S2. The van der Waals surface area contributed by atoms with E-state index in [1.807, 2.05) is 23.1 Å². The molecule has 4 rings (SSSR count). The molecule has 0 spiro atoms. The summed E-state index contributed by atoms with van der Waals surface area (Å²) in [7, 11) is -3.04. The molecular weight excluding hydrogens is 364 g/mol. The third-order valence-electron chi connectivity index (χ3n) is 4.49. The van der Waals surface area contributed by atoms with E-state index in [-0.39, 0.29) is 35.5 Å². The minimum absolute atomic E-state index is 0.0672. The number of nitrogens with zero attached hydrogens (tertiary/aromatic N) is 2. The lowest BCUT2D eigenvalue weighted by Crippen LogP contribution is -2.37. The number of fused-ring (bicyclic) bond motifs is 2. The second kappa shape index (κ2) is 6.21. The summed E-state index contributed by atoms with van der Waals surface area (Å²) in [5.41, 5.74) is 0.964. The smallest absolute Gasteiger partial charge is 0.247 e. The van der Waals surface area contributed by atoms with Crippen LogP contribution in [0.25, 0.3) is 0 Å². The fraction of sp³-hybridized carbons (Fsp3) is 0.500. The minimum Gasteiger partial charge on any atom is -0.454 e. The fourth-order valence-corrected chi connectivity index (χ4v) is 7.21. The van der Waals surface area contributed by atoms with E-state index in [1.165, 1.54) is 11.8 Å². The average molecular weight is 382 g/mol. The lowest BCUT2D eigenvalue weighted by atomic mass is 10.1. The number of hydrogen-bond donors (Lipinski definition) is 0. The molecule has 0 aliphatic carbocycles. The molecule has 9 heteroatoms. The standard InChI is InChI=1S/C16H18N2O5S2/c1-2-15(19)17-16-18(11-7-25(20,21)8-14(11)24-16)6-10-3-4-12-13(5-10)23-9-22-12/h3-5,11,14H,2,6-9H2,1H3/t11-,14-/m1/s1. The number of carbonyl (C=O) groups is 1. The summed E-state index contributed by atoms with van der Waals surface area (Å²) in [6.45, 7) is 2.45. The number of amides is 1. The van der Waals surface area contributed by atoms with Crippen LogP contribution >= 0.6 is 11.8 Å². The van der Waals surface area contributed by atoms with Crippen LogP contribution in [0.1, 0.15) is 18.9 Å².